The fourth-order valence-corrected chi connectivity index (χ4v) is 2.09. The Morgan fingerprint density at radius 1 is 1.12 bits per heavy atom. The molecule has 24 heavy (non-hydrogen) atoms. The van der Waals surface area contributed by atoms with Crippen LogP contribution in [0.4, 0.5) is 0 Å². The summed E-state index contributed by atoms with van der Waals surface area (Å²) in [6.45, 7) is 0.887. The van der Waals surface area contributed by atoms with E-state index in [0.717, 1.165) is 21.5 Å². The van der Waals surface area contributed by atoms with Crippen LogP contribution in [0.25, 0.3) is 0 Å². The van der Waals surface area contributed by atoms with E-state index < -0.39 is 0 Å². The fourth-order valence-electron chi connectivity index (χ4n) is 1.78. The largest absolute Gasteiger partial charge is 0.490 e. The topological polar surface area (TPSA) is 54.9 Å². The van der Waals surface area contributed by atoms with Gasteiger partial charge in [0.2, 0.25) is 0 Å². The third-order valence-corrected chi connectivity index (χ3v) is 3.76. The summed E-state index contributed by atoms with van der Waals surface area (Å²) < 4.78 is 12.4. The Bertz CT molecular complexity index is 692. The van der Waals surface area contributed by atoms with E-state index in [9.17, 15) is 0 Å². The summed E-state index contributed by atoms with van der Waals surface area (Å²) >= 11 is 8.35. The molecule has 0 fully saturated rings. The van der Waals surface area contributed by atoms with E-state index in [0.29, 0.717) is 18.3 Å². The van der Waals surface area contributed by atoms with Crippen molar-refractivity contribution in [3.8, 4) is 11.5 Å². The lowest BCUT2D eigenvalue weighted by Gasteiger charge is -2.10. The van der Waals surface area contributed by atoms with Gasteiger partial charge in [0.1, 0.15) is 24.7 Å². The number of nitrogens with zero attached hydrogens (tertiary/aromatic N) is 1. The molecule has 0 aliphatic carbocycles. The van der Waals surface area contributed by atoms with Crippen molar-refractivity contribution in [2.45, 2.75) is 0 Å². The van der Waals surface area contributed by atoms with Crippen LogP contribution in [0.2, 0.25) is 0 Å². The zero-order valence-electron chi connectivity index (χ0n) is 13.2. The third kappa shape index (κ3) is 6.17. The van der Waals surface area contributed by atoms with E-state index >= 15 is 0 Å². The number of hydrogen-bond donors (Lipinski definition) is 2. The van der Waals surface area contributed by atoms with Crippen LogP contribution in [0.5, 0.6) is 11.5 Å². The van der Waals surface area contributed by atoms with Crippen LogP contribution >= 0.6 is 28.1 Å². The minimum Gasteiger partial charge on any atom is -0.490 e. The minimum absolute atomic E-state index is 0.434. The second-order valence-corrected chi connectivity index (χ2v) is 5.96. The van der Waals surface area contributed by atoms with Crippen LogP contribution in [0.3, 0.4) is 0 Å². The quantitative estimate of drug-likeness (QED) is 0.319. The fraction of sp³-hybridized carbons (Fsp3) is 0.176. The number of benzene rings is 2. The van der Waals surface area contributed by atoms with Gasteiger partial charge in [0, 0.05) is 17.1 Å². The normalized spacial score (nSPS) is 10.4. The Kier molecular flexibility index (Phi) is 7.51. The molecule has 126 valence electrons. The van der Waals surface area contributed by atoms with Gasteiger partial charge in [0.25, 0.3) is 0 Å². The van der Waals surface area contributed by atoms with Gasteiger partial charge >= 0.3 is 0 Å². The van der Waals surface area contributed by atoms with Crippen LogP contribution in [0.1, 0.15) is 5.56 Å². The summed E-state index contributed by atoms with van der Waals surface area (Å²) in [5.74, 6) is 1.54. The molecule has 0 bridgehead atoms. The number of ether oxygens (including phenoxy) is 2. The van der Waals surface area contributed by atoms with Gasteiger partial charge in [0.05, 0.1) is 6.21 Å². The van der Waals surface area contributed by atoms with Gasteiger partial charge in [-0.15, -0.1) is 0 Å². The number of hydrogen-bond acceptors (Lipinski definition) is 4. The molecule has 0 spiro atoms. The zero-order valence-corrected chi connectivity index (χ0v) is 15.6. The highest BCUT2D eigenvalue weighted by Gasteiger charge is 2.01. The Morgan fingerprint density at radius 3 is 2.58 bits per heavy atom. The van der Waals surface area contributed by atoms with E-state index in [1.54, 1.807) is 13.3 Å². The molecule has 0 aliphatic heterocycles. The first kappa shape index (κ1) is 18.2. The maximum atomic E-state index is 5.76. The molecule has 0 amide bonds. The molecule has 5 nitrogen and oxygen atoms in total. The molecular weight excluding hydrogens is 390 g/mol. The molecule has 0 unspecified atom stereocenters. The van der Waals surface area contributed by atoms with Gasteiger partial charge in [-0.25, -0.2) is 0 Å². The first-order chi connectivity index (χ1) is 11.7. The second-order valence-electron chi connectivity index (χ2n) is 4.64. The van der Waals surface area contributed by atoms with Crippen LogP contribution in [-0.4, -0.2) is 31.6 Å². The second kappa shape index (κ2) is 9.89. The van der Waals surface area contributed by atoms with Crippen molar-refractivity contribution in [3.05, 3.63) is 58.6 Å². The monoisotopic (exact) mass is 407 g/mol. The Morgan fingerprint density at radius 2 is 1.83 bits per heavy atom. The molecule has 0 radical (unpaired) electrons. The predicted octanol–water partition coefficient (Wildman–Crippen LogP) is 3.33. The Hall–Kier alpha value is -2.12. The van der Waals surface area contributed by atoms with Crippen LogP contribution < -0.4 is 20.2 Å². The van der Waals surface area contributed by atoms with E-state index in [2.05, 4.69) is 31.8 Å². The molecule has 0 aromatic heterocycles. The molecule has 0 heterocycles. The highest BCUT2D eigenvalue weighted by Crippen LogP contribution is 2.17. The number of halogens is 1. The third-order valence-electron chi connectivity index (χ3n) is 2.94. The van der Waals surface area contributed by atoms with Gasteiger partial charge in [-0.1, -0.05) is 28.1 Å². The molecule has 0 atom stereocenters. The van der Waals surface area contributed by atoms with E-state index in [-0.39, 0.29) is 0 Å². The predicted molar refractivity (Wildman–Crippen MR) is 104 cm³/mol. The summed E-state index contributed by atoms with van der Waals surface area (Å²) in [5.41, 5.74) is 3.56. The SMILES string of the molecule is CNC(=S)N/N=C\c1ccccc1OCCOc1ccc(Br)cc1. The van der Waals surface area contributed by atoms with Crippen molar-refractivity contribution >= 4 is 39.5 Å². The zero-order chi connectivity index (χ0) is 17.2. The van der Waals surface area contributed by atoms with E-state index in [1.807, 2.05) is 48.5 Å². The first-order valence-corrected chi connectivity index (χ1v) is 8.50. The summed E-state index contributed by atoms with van der Waals surface area (Å²) in [5, 5.41) is 7.30. The van der Waals surface area contributed by atoms with E-state index in [1.165, 1.54) is 0 Å². The van der Waals surface area contributed by atoms with Gasteiger partial charge < -0.3 is 14.8 Å². The highest BCUT2D eigenvalue weighted by molar-refractivity contribution is 9.10. The molecule has 2 aromatic carbocycles. The van der Waals surface area contributed by atoms with Crippen LogP contribution in [-0.2, 0) is 0 Å². The summed E-state index contributed by atoms with van der Waals surface area (Å²) in [6, 6.07) is 15.3. The average molecular weight is 408 g/mol. The standard InChI is InChI=1S/C17H18BrN3O2S/c1-19-17(24)21-20-12-13-4-2-3-5-16(13)23-11-10-22-15-8-6-14(18)7-9-15/h2-9,12H,10-11H2,1H3,(H2,19,21,24)/b20-12-. The maximum Gasteiger partial charge on any atom is 0.186 e. The Labute approximate surface area is 155 Å². The summed E-state index contributed by atoms with van der Waals surface area (Å²) in [7, 11) is 1.73. The van der Waals surface area contributed by atoms with Crippen molar-refractivity contribution in [2.24, 2.45) is 5.10 Å². The molecule has 0 saturated heterocycles. The summed E-state index contributed by atoms with van der Waals surface area (Å²) in [4.78, 5) is 0. The van der Waals surface area contributed by atoms with Gasteiger partial charge in [0.15, 0.2) is 5.11 Å². The number of hydrazone groups is 1. The molecule has 2 N–H and O–H groups in total. The minimum atomic E-state index is 0.434. The van der Waals surface area contributed by atoms with Crippen molar-refractivity contribution in [1.29, 1.82) is 0 Å². The lowest BCUT2D eigenvalue weighted by molar-refractivity contribution is 0.217. The lowest BCUT2D eigenvalue weighted by atomic mass is 10.2. The highest BCUT2D eigenvalue weighted by atomic mass is 79.9. The van der Waals surface area contributed by atoms with Crippen LogP contribution in [0, 0.1) is 0 Å². The molecule has 0 saturated carbocycles. The van der Waals surface area contributed by atoms with Crippen molar-refractivity contribution in [2.75, 3.05) is 20.3 Å². The number of para-hydroxylation sites is 1. The maximum absolute atomic E-state index is 5.76. The number of thiocarbonyl (C=S) groups is 1. The van der Waals surface area contributed by atoms with E-state index in [4.69, 9.17) is 21.7 Å². The Balaban J connectivity index is 1.83. The number of nitrogens with one attached hydrogen (secondary N) is 2. The average Bonchev–Trinajstić information content (AvgIpc) is 2.61. The molecular formula is C17H18BrN3O2S. The first-order valence-electron chi connectivity index (χ1n) is 7.30. The van der Waals surface area contributed by atoms with Crippen molar-refractivity contribution in [1.82, 2.24) is 10.7 Å². The molecule has 0 aliphatic rings. The van der Waals surface area contributed by atoms with Crippen molar-refractivity contribution in [3.63, 3.8) is 0 Å². The molecule has 2 aromatic rings. The lowest BCUT2D eigenvalue weighted by Crippen LogP contribution is -2.28. The van der Waals surface area contributed by atoms with Crippen LogP contribution in [0.15, 0.2) is 58.1 Å². The number of rotatable bonds is 7. The van der Waals surface area contributed by atoms with Gasteiger partial charge in [-0.05, 0) is 48.6 Å². The van der Waals surface area contributed by atoms with Gasteiger partial charge in [-0.3, -0.25) is 5.43 Å². The van der Waals surface area contributed by atoms with Crippen molar-refractivity contribution < 1.29 is 9.47 Å². The van der Waals surface area contributed by atoms with Gasteiger partial charge in [-0.2, -0.15) is 5.10 Å². The summed E-state index contributed by atoms with van der Waals surface area (Å²) in [6.07, 6.45) is 1.66. The smallest absolute Gasteiger partial charge is 0.186 e. The molecule has 2 rings (SSSR count). The molecule has 7 heteroatoms.